The molecule has 0 bridgehead atoms. The van der Waals surface area contributed by atoms with E-state index in [1.165, 1.54) is 11.1 Å². The van der Waals surface area contributed by atoms with Crippen molar-refractivity contribution in [1.29, 1.82) is 0 Å². The second-order valence-corrected chi connectivity index (χ2v) is 6.72. The third-order valence-electron chi connectivity index (χ3n) is 3.94. The monoisotopic (exact) mass is 371 g/mol. The first-order valence-corrected chi connectivity index (χ1v) is 8.73. The quantitative estimate of drug-likeness (QED) is 0.603. The maximum absolute atomic E-state index is 6.12. The van der Waals surface area contributed by atoms with E-state index in [0.717, 1.165) is 23.8 Å². The Morgan fingerprint density at radius 3 is 2.60 bits per heavy atom. The lowest BCUT2D eigenvalue weighted by atomic mass is 10.1. The molecule has 2 aromatic carbocycles. The van der Waals surface area contributed by atoms with Crippen LogP contribution in [0.25, 0.3) is 17.3 Å². The molecule has 0 spiro atoms. The summed E-state index contributed by atoms with van der Waals surface area (Å²) in [6.45, 7) is 2.82. The molecular weight excluding hydrogens is 353 g/mol. The maximum atomic E-state index is 6.12. The van der Waals surface area contributed by atoms with Crippen LogP contribution in [0.2, 0.25) is 10.0 Å². The summed E-state index contributed by atoms with van der Waals surface area (Å²) < 4.78 is 2.01. The summed E-state index contributed by atoms with van der Waals surface area (Å²) in [6, 6.07) is 15.9. The summed E-state index contributed by atoms with van der Waals surface area (Å²) in [5.41, 5.74) is 4.38. The summed E-state index contributed by atoms with van der Waals surface area (Å²) in [7, 11) is 1.98. The minimum Gasteiger partial charge on any atom is -0.352 e. The fourth-order valence-corrected chi connectivity index (χ4v) is 2.90. The van der Waals surface area contributed by atoms with E-state index >= 15 is 0 Å². The minimum absolute atomic E-state index is 0.538. The third kappa shape index (κ3) is 4.25. The lowest BCUT2D eigenvalue weighted by molar-refractivity contribution is 0.916. The van der Waals surface area contributed by atoms with Gasteiger partial charge in [-0.3, -0.25) is 0 Å². The number of halogens is 2. The number of nitrogens with zero attached hydrogens (tertiary/aromatic N) is 2. The van der Waals surface area contributed by atoms with Crippen LogP contribution in [0.5, 0.6) is 0 Å². The lowest BCUT2D eigenvalue weighted by Gasteiger charge is -2.09. The highest BCUT2D eigenvalue weighted by atomic mass is 35.5. The molecule has 0 fully saturated rings. The molecule has 5 heteroatoms. The van der Waals surface area contributed by atoms with Crippen molar-refractivity contribution < 1.29 is 0 Å². The Bertz CT molecular complexity index is 899. The number of hydrogen-bond acceptors (Lipinski definition) is 2. The van der Waals surface area contributed by atoms with E-state index in [9.17, 15) is 0 Å². The van der Waals surface area contributed by atoms with E-state index in [2.05, 4.69) is 35.4 Å². The first-order chi connectivity index (χ1) is 12.0. The molecule has 1 heterocycles. The fourth-order valence-electron chi connectivity index (χ4n) is 2.60. The van der Waals surface area contributed by atoms with Gasteiger partial charge in [0.15, 0.2) is 0 Å². The van der Waals surface area contributed by atoms with E-state index in [1.54, 1.807) is 6.07 Å². The first-order valence-electron chi connectivity index (χ1n) is 7.98. The number of imidazole rings is 1. The smallest absolute Gasteiger partial charge is 0.203 e. The maximum Gasteiger partial charge on any atom is 0.203 e. The van der Waals surface area contributed by atoms with Crippen LogP contribution < -0.4 is 5.32 Å². The van der Waals surface area contributed by atoms with E-state index in [1.807, 2.05) is 48.1 Å². The number of hydrogen-bond donors (Lipinski definition) is 1. The molecule has 3 rings (SSSR count). The van der Waals surface area contributed by atoms with Crippen molar-refractivity contribution in [3.63, 3.8) is 0 Å². The van der Waals surface area contributed by atoms with E-state index in [0.29, 0.717) is 10.0 Å². The second-order valence-electron chi connectivity index (χ2n) is 5.91. The molecule has 0 radical (unpaired) electrons. The summed E-state index contributed by atoms with van der Waals surface area (Å²) in [5.74, 6) is 0.807. The highest BCUT2D eigenvalue weighted by molar-refractivity contribution is 6.42. The summed E-state index contributed by atoms with van der Waals surface area (Å²) in [6.07, 6.45) is 3.99. The Balaban J connectivity index is 1.73. The van der Waals surface area contributed by atoms with Crippen LogP contribution in [0, 0.1) is 0 Å². The van der Waals surface area contributed by atoms with Crippen molar-refractivity contribution in [2.75, 3.05) is 11.9 Å². The molecule has 3 aromatic rings. The van der Waals surface area contributed by atoms with E-state index in [4.69, 9.17) is 23.2 Å². The Hall–Kier alpha value is -2.23. The summed E-state index contributed by atoms with van der Waals surface area (Å²) >= 11 is 12.1. The standard InChI is InChI=1S/C20H19Cl2N3/c1-14(10-15-6-4-3-5-7-15)12-23-20-24-13-19(25(20)2)16-8-9-17(21)18(22)11-16/h3-11,13H,12H2,1-2H3,(H,23,24). The van der Waals surface area contributed by atoms with Crippen LogP contribution in [-0.4, -0.2) is 16.1 Å². The van der Waals surface area contributed by atoms with Gasteiger partial charge in [0.1, 0.15) is 0 Å². The van der Waals surface area contributed by atoms with Crippen LogP contribution >= 0.6 is 23.2 Å². The SMILES string of the molecule is CC(=Cc1ccccc1)CNc1ncc(-c2ccc(Cl)c(Cl)c2)n1C. The van der Waals surface area contributed by atoms with Crippen molar-refractivity contribution in [3.05, 3.63) is 75.9 Å². The number of anilines is 1. The molecule has 0 saturated carbocycles. The van der Waals surface area contributed by atoms with Gasteiger partial charge in [0.25, 0.3) is 0 Å². The molecule has 1 aromatic heterocycles. The number of nitrogens with one attached hydrogen (secondary N) is 1. The highest BCUT2D eigenvalue weighted by Gasteiger charge is 2.10. The van der Waals surface area contributed by atoms with E-state index in [-0.39, 0.29) is 0 Å². The average Bonchev–Trinajstić information content (AvgIpc) is 2.97. The van der Waals surface area contributed by atoms with Crippen LogP contribution in [0.15, 0.2) is 60.3 Å². The van der Waals surface area contributed by atoms with Crippen LogP contribution in [-0.2, 0) is 7.05 Å². The molecule has 0 aliphatic rings. The molecule has 0 aliphatic carbocycles. The molecule has 128 valence electrons. The Morgan fingerprint density at radius 2 is 1.88 bits per heavy atom. The molecule has 0 unspecified atom stereocenters. The average molecular weight is 372 g/mol. The lowest BCUT2D eigenvalue weighted by Crippen LogP contribution is -2.08. The minimum atomic E-state index is 0.538. The van der Waals surface area contributed by atoms with Gasteiger partial charge in [-0.05, 0) is 24.6 Å². The molecule has 3 nitrogen and oxygen atoms in total. The Labute approximate surface area is 157 Å². The fraction of sp³-hybridized carbons (Fsp3) is 0.150. The largest absolute Gasteiger partial charge is 0.352 e. The van der Waals surface area contributed by atoms with E-state index < -0.39 is 0 Å². The molecule has 0 aliphatic heterocycles. The normalized spacial score (nSPS) is 11.6. The number of benzene rings is 2. The number of aromatic nitrogens is 2. The first kappa shape index (κ1) is 17.6. The van der Waals surface area contributed by atoms with Gasteiger partial charge >= 0.3 is 0 Å². The molecule has 0 atom stereocenters. The second kappa shape index (κ2) is 7.77. The van der Waals surface area contributed by atoms with Crippen LogP contribution in [0.4, 0.5) is 5.95 Å². The molecule has 0 saturated heterocycles. The molecular formula is C20H19Cl2N3. The highest BCUT2D eigenvalue weighted by Crippen LogP contribution is 2.29. The molecule has 0 amide bonds. The topological polar surface area (TPSA) is 29.9 Å². The summed E-state index contributed by atoms with van der Waals surface area (Å²) in [5, 5.41) is 4.46. The van der Waals surface area contributed by atoms with Gasteiger partial charge in [-0.15, -0.1) is 0 Å². The Morgan fingerprint density at radius 1 is 1.12 bits per heavy atom. The van der Waals surface area contributed by atoms with Gasteiger partial charge in [0.05, 0.1) is 21.9 Å². The van der Waals surface area contributed by atoms with Gasteiger partial charge in [0, 0.05) is 19.2 Å². The Kier molecular flexibility index (Phi) is 5.47. The summed E-state index contributed by atoms with van der Waals surface area (Å²) in [4.78, 5) is 4.47. The predicted molar refractivity (Wildman–Crippen MR) is 107 cm³/mol. The van der Waals surface area contributed by atoms with Crippen LogP contribution in [0.1, 0.15) is 12.5 Å². The predicted octanol–water partition coefficient (Wildman–Crippen LogP) is 5.91. The van der Waals surface area contributed by atoms with Gasteiger partial charge in [0.2, 0.25) is 5.95 Å². The zero-order valence-corrected chi connectivity index (χ0v) is 15.6. The van der Waals surface area contributed by atoms with Crippen molar-refractivity contribution in [2.45, 2.75) is 6.92 Å². The van der Waals surface area contributed by atoms with Gasteiger partial charge in [-0.2, -0.15) is 0 Å². The number of rotatable bonds is 5. The van der Waals surface area contributed by atoms with Crippen molar-refractivity contribution in [2.24, 2.45) is 7.05 Å². The van der Waals surface area contributed by atoms with Crippen LogP contribution in [0.3, 0.4) is 0 Å². The van der Waals surface area contributed by atoms with Crippen molar-refractivity contribution >= 4 is 35.2 Å². The molecule has 1 N–H and O–H groups in total. The van der Waals surface area contributed by atoms with Crippen molar-refractivity contribution in [3.8, 4) is 11.3 Å². The molecule has 25 heavy (non-hydrogen) atoms. The zero-order chi connectivity index (χ0) is 17.8. The van der Waals surface area contributed by atoms with Crippen molar-refractivity contribution in [1.82, 2.24) is 9.55 Å². The van der Waals surface area contributed by atoms with Gasteiger partial charge in [-0.1, -0.05) is 71.2 Å². The zero-order valence-electron chi connectivity index (χ0n) is 14.1. The third-order valence-corrected chi connectivity index (χ3v) is 4.68. The van der Waals surface area contributed by atoms with Gasteiger partial charge in [-0.25, -0.2) is 4.98 Å². The van der Waals surface area contributed by atoms with Gasteiger partial charge < -0.3 is 9.88 Å².